The first kappa shape index (κ1) is 11.9. The Labute approximate surface area is 98.6 Å². The van der Waals surface area contributed by atoms with Crippen molar-refractivity contribution in [1.29, 1.82) is 0 Å². The topological polar surface area (TPSA) is 32.3 Å². The van der Waals surface area contributed by atoms with Crippen molar-refractivity contribution in [3.05, 3.63) is 0 Å². The molecule has 3 nitrogen and oxygen atoms in total. The third kappa shape index (κ3) is 2.40. The smallest absolute Gasteiger partial charge is 0.225 e. The van der Waals surface area contributed by atoms with Gasteiger partial charge in [-0.2, -0.15) is 0 Å². The van der Waals surface area contributed by atoms with Gasteiger partial charge in [0.05, 0.1) is 0 Å². The number of nitrogens with zero attached hydrogens (tertiary/aromatic N) is 1. The molecule has 3 heteroatoms. The van der Waals surface area contributed by atoms with Gasteiger partial charge in [-0.3, -0.25) is 4.79 Å². The summed E-state index contributed by atoms with van der Waals surface area (Å²) in [7, 11) is 2.02. The third-order valence-electron chi connectivity index (χ3n) is 4.49. The number of carbonyl (C=O) groups is 1. The molecule has 2 rings (SSSR count). The van der Waals surface area contributed by atoms with Gasteiger partial charge >= 0.3 is 0 Å². The molecule has 1 heterocycles. The van der Waals surface area contributed by atoms with Crippen LogP contribution in [0.3, 0.4) is 0 Å². The van der Waals surface area contributed by atoms with Crippen LogP contribution in [0.25, 0.3) is 0 Å². The van der Waals surface area contributed by atoms with Crippen LogP contribution in [-0.4, -0.2) is 36.5 Å². The predicted octanol–water partition coefficient (Wildman–Crippen LogP) is 1.78. The molecule has 1 aliphatic carbocycles. The van der Waals surface area contributed by atoms with Crippen LogP contribution in [0.1, 0.15) is 45.4 Å². The van der Waals surface area contributed by atoms with Crippen LogP contribution >= 0.6 is 0 Å². The first-order valence-corrected chi connectivity index (χ1v) is 6.62. The monoisotopic (exact) mass is 224 g/mol. The maximum atomic E-state index is 12.2. The first-order valence-electron chi connectivity index (χ1n) is 6.62. The molecule has 1 saturated carbocycles. The van der Waals surface area contributed by atoms with E-state index < -0.39 is 0 Å². The van der Waals surface area contributed by atoms with Crippen LogP contribution in [0.5, 0.6) is 0 Å². The number of hydrogen-bond acceptors (Lipinski definition) is 2. The van der Waals surface area contributed by atoms with Crippen molar-refractivity contribution in [2.45, 2.75) is 51.0 Å². The Morgan fingerprint density at radius 3 is 2.31 bits per heavy atom. The van der Waals surface area contributed by atoms with Crippen LogP contribution in [0.2, 0.25) is 0 Å². The van der Waals surface area contributed by atoms with Crippen molar-refractivity contribution < 1.29 is 4.79 Å². The van der Waals surface area contributed by atoms with E-state index in [4.69, 9.17) is 0 Å². The number of piperidine rings is 1. The van der Waals surface area contributed by atoms with Crippen LogP contribution < -0.4 is 5.32 Å². The van der Waals surface area contributed by atoms with E-state index in [1.807, 2.05) is 7.05 Å². The zero-order valence-electron chi connectivity index (χ0n) is 10.6. The molecule has 2 aliphatic rings. The van der Waals surface area contributed by atoms with E-state index in [-0.39, 0.29) is 5.54 Å². The summed E-state index contributed by atoms with van der Waals surface area (Å²) < 4.78 is 0. The van der Waals surface area contributed by atoms with E-state index in [9.17, 15) is 4.79 Å². The molecule has 0 aromatic carbocycles. The number of nitrogens with one attached hydrogen (secondary N) is 1. The van der Waals surface area contributed by atoms with Crippen molar-refractivity contribution in [1.82, 2.24) is 10.2 Å². The summed E-state index contributed by atoms with van der Waals surface area (Å²) in [5, 5.41) is 3.37. The summed E-state index contributed by atoms with van der Waals surface area (Å²) in [4.78, 5) is 14.3. The molecule has 0 atom stereocenters. The quantitative estimate of drug-likeness (QED) is 0.775. The second-order valence-electron chi connectivity index (χ2n) is 5.62. The largest absolute Gasteiger partial charge is 0.342 e. The Kier molecular flexibility index (Phi) is 3.53. The standard InChI is InChI=1S/C13H24N2O/c1-13(14-2)7-9-15(10-8-13)12(16)11-5-3-4-6-11/h11,14H,3-10H2,1-2H3. The summed E-state index contributed by atoms with van der Waals surface area (Å²) in [6.45, 7) is 4.13. The summed E-state index contributed by atoms with van der Waals surface area (Å²) in [5.41, 5.74) is 0.243. The van der Waals surface area contributed by atoms with Crippen molar-refractivity contribution >= 4 is 5.91 Å². The Bertz CT molecular complexity index is 251. The zero-order valence-corrected chi connectivity index (χ0v) is 10.6. The van der Waals surface area contributed by atoms with Crippen LogP contribution in [0.15, 0.2) is 0 Å². The van der Waals surface area contributed by atoms with Gasteiger partial charge in [0.2, 0.25) is 5.91 Å². The zero-order chi connectivity index (χ0) is 11.6. The van der Waals surface area contributed by atoms with Crippen molar-refractivity contribution in [3.8, 4) is 0 Å². The third-order valence-corrected chi connectivity index (χ3v) is 4.49. The van der Waals surface area contributed by atoms with Crippen LogP contribution in [0.4, 0.5) is 0 Å². The molecular formula is C13H24N2O. The van der Waals surface area contributed by atoms with E-state index in [0.29, 0.717) is 11.8 Å². The molecule has 0 radical (unpaired) electrons. The number of carbonyl (C=O) groups excluding carboxylic acids is 1. The van der Waals surface area contributed by atoms with Gasteiger partial charge in [-0.1, -0.05) is 12.8 Å². The van der Waals surface area contributed by atoms with Gasteiger partial charge in [0.1, 0.15) is 0 Å². The molecule has 1 N–H and O–H groups in total. The van der Waals surface area contributed by atoms with Gasteiger partial charge in [0.15, 0.2) is 0 Å². The second kappa shape index (κ2) is 4.74. The maximum Gasteiger partial charge on any atom is 0.225 e. The minimum atomic E-state index is 0.243. The minimum absolute atomic E-state index is 0.243. The predicted molar refractivity (Wildman–Crippen MR) is 65.2 cm³/mol. The Hall–Kier alpha value is -0.570. The van der Waals surface area contributed by atoms with Gasteiger partial charge in [0, 0.05) is 24.5 Å². The molecular weight excluding hydrogens is 200 g/mol. The average molecular weight is 224 g/mol. The number of rotatable bonds is 2. The number of likely N-dealkylation sites (tertiary alicyclic amines) is 1. The molecule has 0 unspecified atom stereocenters. The Morgan fingerprint density at radius 2 is 1.81 bits per heavy atom. The molecule has 92 valence electrons. The highest BCUT2D eigenvalue weighted by molar-refractivity contribution is 5.79. The van der Waals surface area contributed by atoms with Gasteiger partial charge in [-0.15, -0.1) is 0 Å². The average Bonchev–Trinajstić information content (AvgIpc) is 2.83. The van der Waals surface area contributed by atoms with E-state index in [2.05, 4.69) is 17.1 Å². The molecule has 1 saturated heterocycles. The van der Waals surface area contributed by atoms with E-state index in [1.165, 1.54) is 12.8 Å². The highest BCUT2D eigenvalue weighted by atomic mass is 16.2. The van der Waals surface area contributed by atoms with Gasteiger partial charge in [-0.25, -0.2) is 0 Å². The lowest BCUT2D eigenvalue weighted by Gasteiger charge is -2.40. The van der Waals surface area contributed by atoms with E-state index in [0.717, 1.165) is 38.8 Å². The van der Waals surface area contributed by atoms with Gasteiger partial charge in [-0.05, 0) is 39.7 Å². The lowest BCUT2D eigenvalue weighted by atomic mass is 9.89. The lowest BCUT2D eigenvalue weighted by Crippen LogP contribution is -2.52. The molecule has 1 amide bonds. The highest BCUT2D eigenvalue weighted by Crippen LogP contribution is 2.29. The van der Waals surface area contributed by atoms with Crippen molar-refractivity contribution in [3.63, 3.8) is 0 Å². The van der Waals surface area contributed by atoms with E-state index >= 15 is 0 Å². The Morgan fingerprint density at radius 1 is 1.25 bits per heavy atom. The van der Waals surface area contributed by atoms with Crippen LogP contribution in [-0.2, 0) is 4.79 Å². The molecule has 1 aliphatic heterocycles. The lowest BCUT2D eigenvalue weighted by molar-refractivity contribution is -0.137. The SMILES string of the molecule is CNC1(C)CCN(C(=O)C2CCCC2)CC1. The van der Waals surface area contributed by atoms with Crippen LogP contribution in [0, 0.1) is 5.92 Å². The van der Waals surface area contributed by atoms with Crippen molar-refractivity contribution in [2.75, 3.05) is 20.1 Å². The summed E-state index contributed by atoms with van der Waals surface area (Å²) in [6, 6.07) is 0. The summed E-state index contributed by atoms with van der Waals surface area (Å²) >= 11 is 0. The van der Waals surface area contributed by atoms with E-state index in [1.54, 1.807) is 0 Å². The molecule has 2 fully saturated rings. The van der Waals surface area contributed by atoms with Gasteiger partial charge in [0.25, 0.3) is 0 Å². The molecule has 16 heavy (non-hydrogen) atoms. The summed E-state index contributed by atoms with van der Waals surface area (Å²) in [6.07, 6.45) is 6.91. The minimum Gasteiger partial charge on any atom is -0.342 e. The number of hydrogen-bond donors (Lipinski definition) is 1. The normalized spacial score (nSPS) is 26.0. The second-order valence-corrected chi connectivity index (χ2v) is 5.62. The van der Waals surface area contributed by atoms with Crippen molar-refractivity contribution in [2.24, 2.45) is 5.92 Å². The fourth-order valence-corrected chi connectivity index (χ4v) is 2.90. The summed E-state index contributed by atoms with van der Waals surface area (Å²) in [5.74, 6) is 0.773. The molecule has 0 aromatic heterocycles. The maximum absolute atomic E-state index is 12.2. The van der Waals surface area contributed by atoms with Gasteiger partial charge < -0.3 is 10.2 Å². The number of amides is 1. The molecule has 0 bridgehead atoms. The first-order chi connectivity index (χ1) is 7.64. The fourth-order valence-electron chi connectivity index (χ4n) is 2.90. The highest BCUT2D eigenvalue weighted by Gasteiger charge is 2.33. The molecule has 0 spiro atoms. The Balaban J connectivity index is 1.86. The fraction of sp³-hybridized carbons (Fsp3) is 0.923. The molecule has 0 aromatic rings.